The number of nitrogens with one attached hydrogen (secondary N) is 1. The average molecular weight is 477 g/mol. The SMILES string of the molecule is CCN(CC(=O)Nc1ccc(N2CCOCC2)cc1)C(=O)c1cc(S(N)(=O)=O)ccc1OC. The normalized spacial score (nSPS) is 14.0. The number of benzene rings is 2. The smallest absolute Gasteiger partial charge is 0.258 e. The van der Waals surface area contributed by atoms with Crippen LogP contribution < -0.4 is 20.1 Å². The van der Waals surface area contributed by atoms with E-state index in [1.54, 1.807) is 19.1 Å². The number of carbonyl (C=O) groups is 2. The van der Waals surface area contributed by atoms with Crippen LogP contribution >= 0.6 is 0 Å². The lowest BCUT2D eigenvalue weighted by Crippen LogP contribution is -2.38. The minimum Gasteiger partial charge on any atom is -0.496 e. The fourth-order valence-corrected chi connectivity index (χ4v) is 4.02. The number of primary sulfonamides is 1. The Bertz CT molecular complexity index is 1100. The summed E-state index contributed by atoms with van der Waals surface area (Å²) in [6.07, 6.45) is 0. The Hall–Kier alpha value is -3.15. The van der Waals surface area contributed by atoms with Crippen LogP contribution in [-0.2, 0) is 19.6 Å². The van der Waals surface area contributed by atoms with Gasteiger partial charge in [0.05, 0.1) is 30.8 Å². The molecule has 33 heavy (non-hydrogen) atoms. The van der Waals surface area contributed by atoms with E-state index in [-0.39, 0.29) is 35.2 Å². The summed E-state index contributed by atoms with van der Waals surface area (Å²) in [6, 6.07) is 11.2. The molecule has 10 nitrogen and oxygen atoms in total. The van der Waals surface area contributed by atoms with Gasteiger partial charge in [-0.05, 0) is 49.4 Å². The van der Waals surface area contributed by atoms with Gasteiger partial charge >= 0.3 is 0 Å². The van der Waals surface area contributed by atoms with Gasteiger partial charge in [0.15, 0.2) is 0 Å². The highest BCUT2D eigenvalue weighted by Gasteiger charge is 2.23. The van der Waals surface area contributed by atoms with Crippen LogP contribution in [0.5, 0.6) is 5.75 Å². The molecule has 0 aliphatic carbocycles. The third-order valence-corrected chi connectivity index (χ3v) is 6.17. The third kappa shape index (κ3) is 6.21. The summed E-state index contributed by atoms with van der Waals surface area (Å²) in [5.74, 6) is -0.742. The van der Waals surface area contributed by atoms with Crippen molar-refractivity contribution in [3.63, 3.8) is 0 Å². The molecule has 0 spiro atoms. The molecule has 1 saturated heterocycles. The third-order valence-electron chi connectivity index (χ3n) is 5.26. The highest BCUT2D eigenvalue weighted by atomic mass is 32.2. The molecular formula is C22H28N4O6S. The van der Waals surface area contributed by atoms with Crippen LogP contribution in [0.3, 0.4) is 0 Å². The molecule has 2 aromatic carbocycles. The van der Waals surface area contributed by atoms with Gasteiger partial charge in [-0.15, -0.1) is 0 Å². The molecule has 1 heterocycles. The summed E-state index contributed by atoms with van der Waals surface area (Å²) in [5, 5.41) is 7.97. The summed E-state index contributed by atoms with van der Waals surface area (Å²) in [5.41, 5.74) is 1.66. The van der Waals surface area contributed by atoms with E-state index >= 15 is 0 Å². The van der Waals surface area contributed by atoms with E-state index in [0.29, 0.717) is 18.9 Å². The number of nitrogens with zero attached hydrogens (tertiary/aromatic N) is 2. The predicted molar refractivity (Wildman–Crippen MR) is 124 cm³/mol. The molecule has 0 radical (unpaired) electrons. The molecular weight excluding hydrogens is 448 g/mol. The molecule has 0 unspecified atom stereocenters. The number of hydrogen-bond acceptors (Lipinski definition) is 7. The van der Waals surface area contributed by atoms with E-state index in [4.69, 9.17) is 14.6 Å². The number of rotatable bonds is 8. The highest BCUT2D eigenvalue weighted by Crippen LogP contribution is 2.24. The van der Waals surface area contributed by atoms with E-state index in [2.05, 4.69) is 10.2 Å². The number of likely N-dealkylation sites (N-methyl/N-ethyl adjacent to an activating group) is 1. The number of carbonyl (C=O) groups excluding carboxylic acids is 2. The van der Waals surface area contributed by atoms with Crippen molar-refractivity contribution in [3.05, 3.63) is 48.0 Å². The standard InChI is InChI=1S/C22H28N4O6S/c1-3-25(22(28)19-14-18(33(23,29)30)8-9-20(19)31-2)15-21(27)24-16-4-6-17(7-5-16)26-10-12-32-13-11-26/h4-9,14H,3,10-13,15H2,1-2H3,(H,24,27)(H2,23,29,30). The quantitative estimate of drug-likeness (QED) is 0.587. The van der Waals surface area contributed by atoms with Crippen LogP contribution in [0.25, 0.3) is 0 Å². The van der Waals surface area contributed by atoms with Crippen LogP contribution in [0, 0.1) is 0 Å². The van der Waals surface area contributed by atoms with Gasteiger partial charge in [-0.1, -0.05) is 0 Å². The lowest BCUT2D eigenvalue weighted by atomic mass is 10.1. The van der Waals surface area contributed by atoms with E-state index in [1.807, 2.05) is 12.1 Å². The van der Waals surface area contributed by atoms with Crippen molar-refractivity contribution in [1.82, 2.24) is 4.90 Å². The molecule has 1 aliphatic heterocycles. The highest BCUT2D eigenvalue weighted by molar-refractivity contribution is 7.89. The Labute approximate surface area is 193 Å². The maximum Gasteiger partial charge on any atom is 0.258 e. The molecule has 1 aliphatic rings. The fraction of sp³-hybridized carbons (Fsp3) is 0.364. The van der Waals surface area contributed by atoms with Gasteiger partial charge in [-0.2, -0.15) is 0 Å². The van der Waals surface area contributed by atoms with E-state index in [9.17, 15) is 18.0 Å². The second kappa shape index (κ2) is 10.6. The zero-order valence-corrected chi connectivity index (χ0v) is 19.4. The van der Waals surface area contributed by atoms with E-state index < -0.39 is 15.9 Å². The van der Waals surface area contributed by atoms with Crippen molar-refractivity contribution >= 4 is 33.2 Å². The van der Waals surface area contributed by atoms with Gasteiger partial charge in [0.1, 0.15) is 12.3 Å². The van der Waals surface area contributed by atoms with Gasteiger partial charge in [-0.3, -0.25) is 9.59 Å². The van der Waals surface area contributed by atoms with Crippen LogP contribution in [0.4, 0.5) is 11.4 Å². The lowest BCUT2D eigenvalue weighted by Gasteiger charge is -2.29. The molecule has 11 heteroatoms. The molecule has 2 aromatic rings. The Morgan fingerprint density at radius 3 is 2.39 bits per heavy atom. The molecule has 0 atom stereocenters. The maximum absolute atomic E-state index is 13.1. The van der Waals surface area contributed by atoms with Gasteiger partial charge in [0, 0.05) is 31.0 Å². The first-order valence-corrected chi connectivity index (χ1v) is 12.0. The number of amides is 2. The lowest BCUT2D eigenvalue weighted by molar-refractivity contribution is -0.116. The molecule has 2 amide bonds. The second-order valence-electron chi connectivity index (χ2n) is 7.42. The Morgan fingerprint density at radius 2 is 1.82 bits per heavy atom. The summed E-state index contributed by atoms with van der Waals surface area (Å²) >= 11 is 0. The van der Waals surface area contributed by atoms with Crippen molar-refractivity contribution in [3.8, 4) is 5.75 Å². The molecule has 0 bridgehead atoms. The first-order valence-electron chi connectivity index (χ1n) is 10.5. The number of hydrogen-bond donors (Lipinski definition) is 2. The van der Waals surface area contributed by atoms with Gasteiger partial charge < -0.3 is 24.6 Å². The maximum atomic E-state index is 13.1. The minimum atomic E-state index is -4.01. The number of ether oxygens (including phenoxy) is 2. The largest absolute Gasteiger partial charge is 0.496 e. The summed E-state index contributed by atoms with van der Waals surface area (Å²) in [4.78, 5) is 28.9. The average Bonchev–Trinajstić information content (AvgIpc) is 2.82. The number of sulfonamides is 1. The fourth-order valence-electron chi connectivity index (χ4n) is 3.48. The van der Waals surface area contributed by atoms with Crippen molar-refractivity contribution in [2.45, 2.75) is 11.8 Å². The summed E-state index contributed by atoms with van der Waals surface area (Å²) in [6.45, 7) is 4.73. The van der Waals surface area contributed by atoms with Gasteiger partial charge in [-0.25, -0.2) is 13.6 Å². The molecule has 1 fully saturated rings. The predicted octanol–water partition coefficient (Wildman–Crippen LogP) is 1.28. The Morgan fingerprint density at radius 1 is 1.15 bits per heavy atom. The first kappa shape index (κ1) is 24.5. The van der Waals surface area contributed by atoms with Gasteiger partial charge in [0.2, 0.25) is 15.9 Å². The van der Waals surface area contributed by atoms with Crippen LogP contribution in [0.15, 0.2) is 47.4 Å². The Balaban J connectivity index is 1.69. The number of morpholine rings is 1. The number of methoxy groups -OCH3 is 1. The van der Waals surface area contributed by atoms with E-state index in [0.717, 1.165) is 24.8 Å². The van der Waals surface area contributed by atoms with Crippen molar-refractivity contribution in [2.24, 2.45) is 5.14 Å². The van der Waals surface area contributed by atoms with Crippen molar-refractivity contribution in [2.75, 3.05) is 56.7 Å². The summed E-state index contributed by atoms with van der Waals surface area (Å²) in [7, 11) is -2.64. The second-order valence-corrected chi connectivity index (χ2v) is 8.98. The van der Waals surface area contributed by atoms with Crippen LogP contribution in [0.1, 0.15) is 17.3 Å². The minimum absolute atomic E-state index is 0.00791. The monoisotopic (exact) mass is 476 g/mol. The van der Waals surface area contributed by atoms with Crippen molar-refractivity contribution < 1.29 is 27.5 Å². The molecule has 3 rings (SSSR count). The Kier molecular flexibility index (Phi) is 7.90. The number of anilines is 2. The van der Waals surface area contributed by atoms with E-state index in [1.165, 1.54) is 24.1 Å². The van der Waals surface area contributed by atoms with Gasteiger partial charge in [0.25, 0.3) is 5.91 Å². The molecule has 178 valence electrons. The summed E-state index contributed by atoms with van der Waals surface area (Å²) < 4.78 is 33.9. The molecule has 0 saturated carbocycles. The molecule has 0 aromatic heterocycles. The topological polar surface area (TPSA) is 131 Å². The van der Waals surface area contributed by atoms with Crippen molar-refractivity contribution in [1.29, 1.82) is 0 Å². The molecule has 3 N–H and O–H groups in total. The zero-order valence-electron chi connectivity index (χ0n) is 18.6. The van der Waals surface area contributed by atoms with Crippen LogP contribution in [-0.4, -0.2) is 71.6 Å². The van der Waals surface area contributed by atoms with Crippen LogP contribution in [0.2, 0.25) is 0 Å². The first-order chi connectivity index (χ1) is 15.7. The zero-order chi connectivity index (χ0) is 24.0. The number of nitrogens with two attached hydrogens (primary N) is 1.